The zero-order valence-corrected chi connectivity index (χ0v) is 22.1. The van der Waals surface area contributed by atoms with Gasteiger partial charge < -0.3 is 26.0 Å². The fourth-order valence-corrected chi connectivity index (χ4v) is 4.02. The van der Waals surface area contributed by atoms with Gasteiger partial charge in [0.1, 0.15) is 18.4 Å². The molecule has 14 heteroatoms. The van der Waals surface area contributed by atoms with E-state index < -0.39 is 60.4 Å². The van der Waals surface area contributed by atoms with Gasteiger partial charge in [-0.15, -0.1) is 13.2 Å². The number of alkyl halides is 3. The summed E-state index contributed by atoms with van der Waals surface area (Å²) in [4.78, 5) is 63.0. The van der Waals surface area contributed by atoms with Crippen molar-refractivity contribution >= 4 is 35.1 Å². The molecule has 1 heterocycles. The summed E-state index contributed by atoms with van der Waals surface area (Å²) in [7, 11) is 1.39. The Kier molecular flexibility index (Phi) is 11.3. The van der Waals surface area contributed by atoms with Gasteiger partial charge in [0, 0.05) is 12.5 Å². The van der Waals surface area contributed by atoms with Crippen LogP contribution in [0.5, 0.6) is 5.75 Å². The summed E-state index contributed by atoms with van der Waals surface area (Å²) in [5.41, 5.74) is 0.875. The molecule has 0 aromatic heterocycles. The molecule has 2 rings (SSSR count). The molecule has 1 aromatic carbocycles. The first-order valence-corrected chi connectivity index (χ1v) is 12.3. The lowest BCUT2D eigenvalue weighted by atomic mass is 9.95. The molecule has 39 heavy (non-hydrogen) atoms. The lowest BCUT2D eigenvalue weighted by Crippen LogP contribution is -2.54. The number of amides is 4. The molecule has 0 radical (unpaired) electrons. The van der Waals surface area contributed by atoms with Crippen LogP contribution in [0, 0.1) is 18.8 Å². The number of hydrogen-bond donors (Lipinski definition) is 4. The standard InChI is InChI=1S/C25H33F3N4O7/c1-13(2)10-17(31-23(36)24(37)32-20-14(3)6-5-7-19(20)38-4)22(35)30-16(11-15-8-9-29-21(15)34)18(33)12-39-25(26,27)28/h5-7,13,15-17H,8-12H2,1-4H3,(H,29,34)(H,30,35)(H,31,36)(H,32,37)/t15-,16-,17-/m0/s1. The average Bonchev–Trinajstić information content (AvgIpc) is 3.26. The largest absolute Gasteiger partial charge is 0.522 e. The second-order valence-corrected chi connectivity index (χ2v) is 9.54. The number of methoxy groups -OCH3 is 1. The van der Waals surface area contributed by atoms with Gasteiger partial charge in [0.05, 0.1) is 18.8 Å². The van der Waals surface area contributed by atoms with Crippen LogP contribution in [-0.4, -0.2) is 68.1 Å². The summed E-state index contributed by atoms with van der Waals surface area (Å²) < 4.78 is 46.3. The Bertz CT molecular complexity index is 1080. The zero-order chi connectivity index (χ0) is 29.3. The Labute approximate surface area is 223 Å². The fourth-order valence-electron chi connectivity index (χ4n) is 4.02. The lowest BCUT2D eigenvalue weighted by Gasteiger charge is -2.25. The Balaban J connectivity index is 2.17. The number of ether oxygens (including phenoxy) is 2. The van der Waals surface area contributed by atoms with Crippen LogP contribution in [0.1, 0.15) is 38.7 Å². The van der Waals surface area contributed by atoms with Crippen molar-refractivity contribution in [2.45, 2.75) is 58.5 Å². The van der Waals surface area contributed by atoms with Crippen LogP contribution in [-0.2, 0) is 28.7 Å². The monoisotopic (exact) mass is 558 g/mol. The Morgan fingerprint density at radius 2 is 1.79 bits per heavy atom. The van der Waals surface area contributed by atoms with Crippen molar-refractivity contribution in [1.29, 1.82) is 0 Å². The zero-order valence-electron chi connectivity index (χ0n) is 22.1. The number of ketones is 1. The van der Waals surface area contributed by atoms with Crippen molar-refractivity contribution in [3.05, 3.63) is 23.8 Å². The maximum Gasteiger partial charge on any atom is 0.522 e. The number of nitrogens with one attached hydrogen (secondary N) is 4. The normalized spacial score (nSPS) is 16.7. The quantitative estimate of drug-likeness (QED) is 0.284. The predicted octanol–water partition coefficient (Wildman–Crippen LogP) is 1.59. The minimum atomic E-state index is -5.07. The first-order valence-electron chi connectivity index (χ1n) is 12.3. The van der Waals surface area contributed by atoms with Crippen LogP contribution < -0.4 is 26.0 Å². The van der Waals surface area contributed by atoms with Gasteiger partial charge in [-0.3, -0.25) is 28.7 Å². The van der Waals surface area contributed by atoms with Crippen molar-refractivity contribution in [2.75, 3.05) is 25.6 Å². The van der Waals surface area contributed by atoms with E-state index >= 15 is 0 Å². The van der Waals surface area contributed by atoms with E-state index in [-0.39, 0.29) is 24.4 Å². The van der Waals surface area contributed by atoms with Gasteiger partial charge in [0.15, 0.2) is 5.78 Å². The molecule has 1 fully saturated rings. The fraction of sp³-hybridized carbons (Fsp3) is 0.560. The second kappa shape index (κ2) is 13.9. The van der Waals surface area contributed by atoms with Gasteiger partial charge in [-0.2, -0.15) is 0 Å². The van der Waals surface area contributed by atoms with Crippen molar-refractivity contribution in [3.63, 3.8) is 0 Å². The molecule has 0 saturated carbocycles. The molecule has 3 atom stereocenters. The minimum Gasteiger partial charge on any atom is -0.495 e. The van der Waals surface area contributed by atoms with E-state index in [1.807, 2.05) is 0 Å². The molecule has 0 spiro atoms. The highest BCUT2D eigenvalue weighted by molar-refractivity contribution is 6.40. The van der Waals surface area contributed by atoms with Crippen molar-refractivity contribution in [1.82, 2.24) is 16.0 Å². The first-order chi connectivity index (χ1) is 18.2. The highest BCUT2D eigenvalue weighted by atomic mass is 19.4. The van der Waals surface area contributed by atoms with Crippen molar-refractivity contribution < 1.29 is 46.6 Å². The summed E-state index contributed by atoms with van der Waals surface area (Å²) in [6.07, 6.45) is -4.96. The smallest absolute Gasteiger partial charge is 0.495 e. The highest BCUT2D eigenvalue weighted by Gasteiger charge is 2.36. The Hall–Kier alpha value is -3.68. The molecule has 4 N–H and O–H groups in total. The van der Waals surface area contributed by atoms with Crippen LogP contribution in [0.25, 0.3) is 0 Å². The number of hydrogen-bond acceptors (Lipinski definition) is 7. The summed E-state index contributed by atoms with van der Waals surface area (Å²) in [5, 5.41) is 9.67. The van der Waals surface area contributed by atoms with Gasteiger partial charge in [0.25, 0.3) is 0 Å². The van der Waals surface area contributed by atoms with Crippen LogP contribution >= 0.6 is 0 Å². The average molecular weight is 559 g/mol. The number of carbonyl (C=O) groups is 5. The molecule has 0 bridgehead atoms. The number of benzene rings is 1. The topological polar surface area (TPSA) is 152 Å². The Morgan fingerprint density at radius 1 is 1.10 bits per heavy atom. The van der Waals surface area contributed by atoms with Crippen LogP contribution in [0.15, 0.2) is 18.2 Å². The number of anilines is 1. The molecular weight excluding hydrogens is 525 g/mol. The summed E-state index contributed by atoms with van der Waals surface area (Å²) in [5.74, 6) is -5.19. The third kappa shape index (κ3) is 9.85. The molecule has 0 aliphatic carbocycles. The van der Waals surface area contributed by atoms with Crippen LogP contribution in [0.4, 0.5) is 18.9 Å². The number of aryl methyl sites for hydroxylation is 1. The minimum absolute atomic E-state index is 0.0441. The first kappa shape index (κ1) is 31.5. The third-order valence-corrected chi connectivity index (χ3v) is 5.99. The van der Waals surface area contributed by atoms with Crippen LogP contribution in [0.3, 0.4) is 0 Å². The van der Waals surface area contributed by atoms with E-state index in [0.717, 1.165) is 0 Å². The van der Waals surface area contributed by atoms with Gasteiger partial charge in [-0.1, -0.05) is 26.0 Å². The molecule has 1 aliphatic rings. The number of Topliss-reactive ketones (excluding diaryl/α,β-unsaturated/α-hetero) is 1. The highest BCUT2D eigenvalue weighted by Crippen LogP contribution is 2.27. The van der Waals surface area contributed by atoms with Gasteiger partial charge in [0.2, 0.25) is 11.8 Å². The molecule has 1 saturated heterocycles. The summed E-state index contributed by atoms with van der Waals surface area (Å²) >= 11 is 0. The van der Waals surface area contributed by atoms with E-state index in [4.69, 9.17) is 4.74 Å². The van der Waals surface area contributed by atoms with Gasteiger partial charge >= 0.3 is 18.2 Å². The maximum absolute atomic E-state index is 13.1. The van der Waals surface area contributed by atoms with E-state index in [2.05, 4.69) is 26.0 Å². The molecule has 11 nitrogen and oxygen atoms in total. The van der Waals surface area contributed by atoms with Crippen molar-refractivity contribution in [3.8, 4) is 5.75 Å². The molecular formula is C25H33F3N4O7. The summed E-state index contributed by atoms with van der Waals surface area (Å²) in [6.45, 7) is 4.13. The van der Waals surface area contributed by atoms with Gasteiger partial charge in [-0.05, 0) is 43.7 Å². The number of para-hydroxylation sites is 1. The van der Waals surface area contributed by atoms with Crippen LogP contribution in [0.2, 0.25) is 0 Å². The second-order valence-electron chi connectivity index (χ2n) is 9.54. The Morgan fingerprint density at radius 3 is 2.36 bits per heavy atom. The number of carbonyl (C=O) groups excluding carboxylic acids is 5. The predicted molar refractivity (Wildman–Crippen MR) is 132 cm³/mol. The van der Waals surface area contributed by atoms with Crippen molar-refractivity contribution in [2.24, 2.45) is 11.8 Å². The van der Waals surface area contributed by atoms with Gasteiger partial charge in [-0.25, -0.2) is 0 Å². The third-order valence-electron chi connectivity index (χ3n) is 5.99. The maximum atomic E-state index is 13.1. The molecule has 0 unspecified atom stereocenters. The van der Waals surface area contributed by atoms with E-state index in [1.54, 1.807) is 39.0 Å². The molecule has 1 aromatic rings. The molecule has 1 aliphatic heterocycles. The SMILES string of the molecule is COc1cccc(C)c1NC(=O)C(=O)N[C@@H](CC(C)C)C(=O)N[C@@H](C[C@@H]1CCNC1=O)C(=O)COC(F)(F)F. The van der Waals surface area contributed by atoms with E-state index in [0.29, 0.717) is 24.3 Å². The molecule has 4 amide bonds. The number of halogens is 3. The van der Waals surface area contributed by atoms with E-state index in [1.165, 1.54) is 7.11 Å². The molecule has 216 valence electrons. The lowest BCUT2D eigenvalue weighted by molar-refractivity contribution is -0.321. The summed E-state index contributed by atoms with van der Waals surface area (Å²) in [6, 6.07) is 2.16. The van der Waals surface area contributed by atoms with E-state index in [9.17, 15) is 37.1 Å². The number of rotatable bonds is 12.